The molecule has 3 rings (SSSR count). The van der Waals surface area contributed by atoms with Gasteiger partial charge in [0.25, 0.3) is 11.5 Å². The van der Waals surface area contributed by atoms with E-state index < -0.39 is 11.2 Å². The van der Waals surface area contributed by atoms with Gasteiger partial charge in [0.2, 0.25) is 0 Å². The van der Waals surface area contributed by atoms with Crippen LogP contribution in [0.15, 0.2) is 19.9 Å². The van der Waals surface area contributed by atoms with Crippen molar-refractivity contribution in [1.29, 1.82) is 0 Å². The highest BCUT2D eigenvalue weighted by Crippen LogP contribution is 2.14. The lowest BCUT2D eigenvalue weighted by atomic mass is 10.2. The van der Waals surface area contributed by atoms with Crippen LogP contribution in [0.3, 0.4) is 0 Å². The van der Waals surface area contributed by atoms with Gasteiger partial charge in [-0.2, -0.15) is 4.98 Å². The Morgan fingerprint density at radius 1 is 1.10 bits per heavy atom. The lowest BCUT2D eigenvalue weighted by Gasteiger charge is -2.21. The summed E-state index contributed by atoms with van der Waals surface area (Å²) in [4.78, 5) is 30.8. The fraction of sp³-hybridized carbons (Fsp3) is 0.583. The summed E-state index contributed by atoms with van der Waals surface area (Å²) in [6, 6.07) is 0. The summed E-state index contributed by atoms with van der Waals surface area (Å²) in [5.41, 5.74) is -0.290. The van der Waals surface area contributed by atoms with E-state index in [0.29, 0.717) is 0 Å². The van der Waals surface area contributed by atoms with E-state index in [1.54, 1.807) is 7.05 Å². The second-order valence-corrected chi connectivity index (χ2v) is 5.17. The van der Waals surface area contributed by atoms with Gasteiger partial charge in [0.15, 0.2) is 11.2 Å². The van der Waals surface area contributed by atoms with E-state index in [0.717, 1.165) is 30.5 Å². The minimum atomic E-state index is -0.418. The molecule has 2 aromatic rings. The van der Waals surface area contributed by atoms with E-state index in [1.807, 2.05) is 5.01 Å². The van der Waals surface area contributed by atoms with Crippen molar-refractivity contribution in [2.45, 2.75) is 19.3 Å². The molecule has 0 radical (unpaired) electrons. The zero-order chi connectivity index (χ0) is 15.0. The van der Waals surface area contributed by atoms with E-state index in [2.05, 4.69) is 20.3 Å². The molecule has 2 aromatic heterocycles. The van der Waals surface area contributed by atoms with E-state index in [-0.39, 0.29) is 17.1 Å². The van der Waals surface area contributed by atoms with E-state index in [9.17, 15) is 9.59 Å². The summed E-state index contributed by atoms with van der Waals surface area (Å²) in [5, 5.41) is 10.0. The Morgan fingerprint density at radius 2 is 1.81 bits per heavy atom. The molecular weight excluding hydrogens is 274 g/mol. The van der Waals surface area contributed by atoms with Crippen molar-refractivity contribution < 1.29 is 0 Å². The van der Waals surface area contributed by atoms with E-state index in [4.69, 9.17) is 0 Å². The Morgan fingerprint density at radius 3 is 2.52 bits per heavy atom. The maximum absolute atomic E-state index is 12.0. The zero-order valence-electron chi connectivity index (χ0n) is 12.0. The molecule has 1 aliphatic heterocycles. The number of nitrogens with one attached hydrogen (secondary N) is 1. The van der Waals surface area contributed by atoms with Gasteiger partial charge in [-0.05, 0) is 19.3 Å². The SMILES string of the molecule is Cn1c(=O)c2[nH]c(/N=N/N3CCCCC3)nc2n(C)c1=O. The van der Waals surface area contributed by atoms with Crippen LogP contribution in [-0.2, 0) is 14.1 Å². The Bertz CT molecular complexity index is 807. The van der Waals surface area contributed by atoms with Gasteiger partial charge in [0.05, 0.1) is 0 Å². The van der Waals surface area contributed by atoms with Gasteiger partial charge < -0.3 is 4.98 Å². The van der Waals surface area contributed by atoms with Crippen molar-refractivity contribution in [3.05, 3.63) is 20.8 Å². The second kappa shape index (κ2) is 5.15. The summed E-state index contributed by atoms with van der Waals surface area (Å²) in [7, 11) is 3.00. The Hall–Kier alpha value is -2.45. The monoisotopic (exact) mass is 291 g/mol. The molecule has 0 atom stereocenters. The first-order valence-corrected chi connectivity index (χ1v) is 6.90. The summed E-state index contributed by atoms with van der Waals surface area (Å²) in [6.45, 7) is 1.76. The van der Waals surface area contributed by atoms with Crippen LogP contribution in [0.2, 0.25) is 0 Å². The minimum absolute atomic E-state index is 0.230. The third-order valence-electron chi connectivity index (χ3n) is 3.68. The van der Waals surface area contributed by atoms with Gasteiger partial charge >= 0.3 is 5.69 Å². The van der Waals surface area contributed by atoms with Crippen LogP contribution < -0.4 is 11.2 Å². The molecular formula is C12H17N7O2. The minimum Gasteiger partial charge on any atom is -0.315 e. The van der Waals surface area contributed by atoms with Crippen molar-refractivity contribution in [2.24, 2.45) is 24.4 Å². The summed E-state index contributed by atoms with van der Waals surface area (Å²) >= 11 is 0. The van der Waals surface area contributed by atoms with Crippen LogP contribution in [0.5, 0.6) is 0 Å². The fourth-order valence-electron chi connectivity index (χ4n) is 2.43. The maximum Gasteiger partial charge on any atom is 0.332 e. The normalized spacial score (nSPS) is 16.2. The summed E-state index contributed by atoms with van der Waals surface area (Å²) in [6.07, 6.45) is 3.43. The molecule has 112 valence electrons. The van der Waals surface area contributed by atoms with Crippen LogP contribution in [0.4, 0.5) is 5.95 Å². The average Bonchev–Trinajstić information content (AvgIpc) is 2.94. The topological polar surface area (TPSA) is 101 Å². The first kappa shape index (κ1) is 13.5. The molecule has 1 saturated heterocycles. The number of hydrogen-bond donors (Lipinski definition) is 1. The lowest BCUT2D eigenvalue weighted by molar-refractivity contribution is 0.224. The molecule has 0 aliphatic carbocycles. The third kappa shape index (κ3) is 2.34. The van der Waals surface area contributed by atoms with Gasteiger partial charge in [-0.25, -0.2) is 4.79 Å². The predicted octanol–water partition coefficient (Wildman–Crippen LogP) is 0.445. The number of rotatable bonds is 2. The molecule has 1 N–H and O–H groups in total. The molecule has 1 fully saturated rings. The van der Waals surface area contributed by atoms with Gasteiger partial charge in [-0.1, -0.05) is 10.3 Å². The van der Waals surface area contributed by atoms with Crippen LogP contribution in [0, 0.1) is 0 Å². The molecule has 0 unspecified atom stereocenters. The molecule has 0 spiro atoms. The van der Waals surface area contributed by atoms with Crippen LogP contribution >= 0.6 is 0 Å². The van der Waals surface area contributed by atoms with E-state index in [1.165, 1.54) is 18.0 Å². The predicted molar refractivity (Wildman–Crippen MR) is 76.5 cm³/mol. The molecule has 9 nitrogen and oxygen atoms in total. The Kier molecular flexibility index (Phi) is 3.32. The number of piperidine rings is 1. The number of H-pyrrole nitrogens is 1. The lowest BCUT2D eigenvalue weighted by Crippen LogP contribution is -2.36. The highest BCUT2D eigenvalue weighted by atomic mass is 16.2. The van der Waals surface area contributed by atoms with Gasteiger partial charge in [-0.3, -0.25) is 18.9 Å². The first-order valence-electron chi connectivity index (χ1n) is 6.90. The van der Waals surface area contributed by atoms with Crippen molar-refractivity contribution in [3.8, 4) is 0 Å². The molecule has 3 heterocycles. The maximum atomic E-state index is 12.0. The molecule has 9 heteroatoms. The number of imidazole rings is 1. The second-order valence-electron chi connectivity index (χ2n) is 5.17. The smallest absolute Gasteiger partial charge is 0.315 e. The highest BCUT2D eigenvalue weighted by molar-refractivity contribution is 5.71. The van der Waals surface area contributed by atoms with E-state index >= 15 is 0 Å². The van der Waals surface area contributed by atoms with Crippen molar-refractivity contribution in [3.63, 3.8) is 0 Å². The highest BCUT2D eigenvalue weighted by Gasteiger charge is 2.13. The third-order valence-corrected chi connectivity index (χ3v) is 3.68. The molecule has 1 aliphatic rings. The standard InChI is InChI=1S/C12H17N7O2/c1-17-9-8(10(20)18(2)12(17)21)13-11(14-9)15-16-19-6-4-3-5-7-19/h3-7H2,1-2H3,(H,13,14)/b16-15+. The van der Waals surface area contributed by atoms with Crippen molar-refractivity contribution >= 4 is 17.1 Å². The average molecular weight is 291 g/mol. The van der Waals surface area contributed by atoms with Crippen LogP contribution in [-0.4, -0.2) is 37.2 Å². The number of aryl methyl sites for hydroxylation is 1. The number of hydrogen-bond acceptors (Lipinski definition) is 5. The molecule has 21 heavy (non-hydrogen) atoms. The first-order chi connectivity index (χ1) is 10.1. The largest absolute Gasteiger partial charge is 0.332 e. The number of aromatic amines is 1. The van der Waals surface area contributed by atoms with Gasteiger partial charge in [0.1, 0.15) is 0 Å². The zero-order valence-corrected chi connectivity index (χ0v) is 12.0. The van der Waals surface area contributed by atoms with Gasteiger partial charge in [-0.15, -0.1) is 0 Å². The van der Waals surface area contributed by atoms with Gasteiger partial charge in [0, 0.05) is 27.2 Å². The van der Waals surface area contributed by atoms with Crippen LogP contribution in [0.25, 0.3) is 11.2 Å². The summed E-state index contributed by atoms with van der Waals surface area (Å²) < 4.78 is 2.35. The van der Waals surface area contributed by atoms with Crippen molar-refractivity contribution in [1.82, 2.24) is 24.1 Å². The number of aromatic nitrogens is 4. The molecule has 0 amide bonds. The summed E-state index contributed by atoms with van der Waals surface area (Å²) in [5.74, 6) is 0.230. The molecule has 0 saturated carbocycles. The number of fused-ring (bicyclic) bond motifs is 1. The fourth-order valence-corrected chi connectivity index (χ4v) is 2.43. The Balaban J connectivity index is 2.00. The van der Waals surface area contributed by atoms with Crippen molar-refractivity contribution in [2.75, 3.05) is 13.1 Å². The molecule has 0 aromatic carbocycles. The number of nitrogens with zero attached hydrogens (tertiary/aromatic N) is 6. The van der Waals surface area contributed by atoms with Crippen LogP contribution in [0.1, 0.15) is 19.3 Å². The Labute approximate surface area is 119 Å². The molecule has 0 bridgehead atoms. The quantitative estimate of drug-likeness (QED) is 0.811.